The second-order valence-corrected chi connectivity index (χ2v) is 2.05. The fourth-order valence-electron chi connectivity index (χ4n) is 0.320. The second kappa shape index (κ2) is 29.7. The average Bonchev–Trinajstić information content (AvgIpc) is 2.81. The van der Waals surface area contributed by atoms with Gasteiger partial charge in [0.15, 0.2) is 0 Å². The van der Waals surface area contributed by atoms with E-state index in [0.29, 0.717) is 0 Å². The van der Waals surface area contributed by atoms with E-state index in [4.69, 9.17) is 10.5 Å². The molecule has 0 amide bonds. The predicted molar refractivity (Wildman–Crippen MR) is 37.8 cm³/mol. The van der Waals surface area contributed by atoms with Crippen molar-refractivity contribution in [2.75, 3.05) is 0 Å². The van der Waals surface area contributed by atoms with Crippen molar-refractivity contribution < 1.29 is 162 Å². The molecule has 0 heterocycles. The van der Waals surface area contributed by atoms with Gasteiger partial charge in [-0.25, -0.2) is 10.5 Å². The number of hydrogen-bond donors (Lipinski definition) is 2. The van der Waals surface area contributed by atoms with Crippen LogP contribution in [0.1, 0.15) is 0 Å². The molecule has 32 heteroatoms. The Hall–Kier alpha value is -1.28. The lowest BCUT2D eigenvalue weighted by atomic mass is 14.0. The van der Waals surface area contributed by atoms with Gasteiger partial charge in [0.05, 0.1) is 0 Å². The Morgan fingerprint density at radius 1 is 0.156 bits per heavy atom. The SMILES string of the molecule is OOOOOOOOOOOOOOOOOOOOOOOOOOOOOOOO. The van der Waals surface area contributed by atoms with Gasteiger partial charge in [0, 0.05) is 70.5 Å². The molecule has 0 aromatic heterocycles. The lowest BCUT2D eigenvalue weighted by Crippen LogP contribution is -2.06. The predicted octanol–water partition coefficient (Wildman–Crippen LogP) is -2.03. The first kappa shape index (κ1) is 30.7. The van der Waals surface area contributed by atoms with Gasteiger partial charge in [0.1, 0.15) is 0 Å². The van der Waals surface area contributed by atoms with Crippen LogP contribution < -0.4 is 0 Å². The molecule has 0 aliphatic rings. The highest BCUT2D eigenvalue weighted by molar-refractivity contribution is 3.10. The van der Waals surface area contributed by atoms with Gasteiger partial charge in [-0.15, -0.1) is 0 Å². The lowest BCUT2D eigenvalue weighted by molar-refractivity contribution is -0.905. The summed E-state index contributed by atoms with van der Waals surface area (Å²) in [4.78, 5) is 0. The Labute approximate surface area is 163 Å². The summed E-state index contributed by atoms with van der Waals surface area (Å²) >= 11 is 0. The molecule has 0 radical (unpaired) electrons. The third-order valence-corrected chi connectivity index (χ3v) is 0.811. The van der Waals surface area contributed by atoms with Gasteiger partial charge in [-0.3, -0.25) is 0 Å². The normalized spacial score (nSPS) is 11.4. The maximum Gasteiger partial charge on any atom is 0 e. The third kappa shape index (κ3) is 28.7. The maximum atomic E-state index is 7.53. The molecule has 0 fully saturated rings. The second-order valence-electron chi connectivity index (χ2n) is 2.05. The number of rotatable bonds is 29. The highest BCUT2D eigenvalue weighted by Crippen LogP contribution is 1.95. The molecule has 0 aromatic rings. The summed E-state index contributed by atoms with van der Waals surface area (Å²) in [5.74, 6) is 0. The van der Waals surface area contributed by atoms with E-state index >= 15 is 0 Å². The van der Waals surface area contributed by atoms with Crippen molar-refractivity contribution in [1.29, 1.82) is 0 Å². The molecule has 0 aromatic carbocycles. The summed E-state index contributed by atoms with van der Waals surface area (Å²) in [5.41, 5.74) is 0. The smallest absolute Gasteiger partial charge is 0 e. The minimum absolute atomic E-state index is 2.87. The fourth-order valence-corrected chi connectivity index (χ4v) is 0.320. The molecule has 194 valence electrons. The average molecular weight is 514 g/mol. The molecule has 0 spiro atoms. The lowest BCUT2D eigenvalue weighted by Gasteiger charge is -1.99. The van der Waals surface area contributed by atoms with Gasteiger partial charge in [-0.05, 0) is 80.6 Å². The maximum absolute atomic E-state index is 7.53. The molecular weight excluding hydrogens is 512 g/mol. The van der Waals surface area contributed by atoms with Crippen LogP contribution >= 0.6 is 0 Å². The van der Waals surface area contributed by atoms with E-state index in [-0.39, 0.29) is 0 Å². The Balaban J connectivity index is 2.98. The van der Waals surface area contributed by atoms with Crippen molar-refractivity contribution in [3.8, 4) is 0 Å². The van der Waals surface area contributed by atoms with Crippen LogP contribution in [0.3, 0.4) is 0 Å². The van der Waals surface area contributed by atoms with E-state index in [1.54, 1.807) is 0 Å². The molecule has 0 atom stereocenters. The van der Waals surface area contributed by atoms with Crippen molar-refractivity contribution in [3.05, 3.63) is 0 Å². The monoisotopic (exact) mass is 514 g/mol. The molecular formula is H2O32. The van der Waals surface area contributed by atoms with E-state index in [9.17, 15) is 0 Å². The van der Waals surface area contributed by atoms with E-state index in [1.165, 1.54) is 0 Å². The summed E-state index contributed by atoms with van der Waals surface area (Å²) < 4.78 is 0. The zero-order chi connectivity index (χ0) is 23.2. The zero-order valence-electron chi connectivity index (χ0n) is 13.1. The molecule has 0 saturated heterocycles. The Bertz CT molecular complexity index is 264. The molecule has 0 unspecified atom stereocenters. The third-order valence-electron chi connectivity index (χ3n) is 0.811. The van der Waals surface area contributed by atoms with Crippen LogP contribution in [0, 0.1) is 0 Å². The van der Waals surface area contributed by atoms with Crippen molar-refractivity contribution in [2.24, 2.45) is 0 Å². The highest BCUT2D eigenvalue weighted by Gasteiger charge is 2.01. The quantitative estimate of drug-likeness (QED) is 0.0617. The van der Waals surface area contributed by atoms with E-state index in [0.717, 1.165) is 0 Å². The van der Waals surface area contributed by atoms with E-state index in [2.05, 4.69) is 151 Å². The molecule has 0 rings (SSSR count). The summed E-state index contributed by atoms with van der Waals surface area (Å²) in [5, 5.41) is 117. The molecule has 0 aliphatic heterocycles. The minimum atomic E-state index is 2.87. The van der Waals surface area contributed by atoms with Gasteiger partial charge >= 0.3 is 0 Å². The van der Waals surface area contributed by atoms with Gasteiger partial charge in [-0.2, -0.15) is 0 Å². The topological polar surface area (TPSA) is 317 Å². The fraction of sp³-hybridized carbons (Fsp3) is 0. The van der Waals surface area contributed by atoms with Crippen LogP contribution in [-0.4, -0.2) is 10.5 Å². The van der Waals surface area contributed by atoms with Crippen LogP contribution in [0.4, 0.5) is 0 Å². The Morgan fingerprint density at radius 2 is 0.250 bits per heavy atom. The molecule has 0 aliphatic carbocycles. The summed E-state index contributed by atoms with van der Waals surface area (Å²) in [6.45, 7) is 0. The summed E-state index contributed by atoms with van der Waals surface area (Å²) in [6, 6.07) is 0. The van der Waals surface area contributed by atoms with Crippen LogP contribution in [0.25, 0.3) is 0 Å². The molecule has 32 nitrogen and oxygen atoms in total. The first-order chi connectivity index (χ1) is 15.9. The van der Waals surface area contributed by atoms with Crippen molar-refractivity contribution in [2.45, 2.75) is 0 Å². The Kier molecular flexibility index (Phi) is 28.5. The van der Waals surface area contributed by atoms with Crippen LogP contribution in [0.2, 0.25) is 0 Å². The van der Waals surface area contributed by atoms with Crippen molar-refractivity contribution in [1.82, 2.24) is 0 Å². The molecule has 0 bridgehead atoms. The zero-order valence-corrected chi connectivity index (χ0v) is 13.1. The Morgan fingerprint density at radius 3 is 0.344 bits per heavy atom. The van der Waals surface area contributed by atoms with Gasteiger partial charge in [0.2, 0.25) is 0 Å². The highest BCUT2D eigenvalue weighted by atomic mass is 18.0. The first-order valence-electron chi connectivity index (χ1n) is 5.20. The molecule has 32 heavy (non-hydrogen) atoms. The standard InChI is InChI=1S/H2O32/c1-3-5-7-9-11-13-15-17-19-21-23-25-27-29-31-32-30-28-26-24-22-20-18-16-14-12-10-8-6-4-2/h1-2H. The van der Waals surface area contributed by atoms with Crippen LogP contribution in [0.5, 0.6) is 0 Å². The van der Waals surface area contributed by atoms with Crippen LogP contribution in [0.15, 0.2) is 0 Å². The van der Waals surface area contributed by atoms with Crippen molar-refractivity contribution in [3.63, 3.8) is 0 Å². The summed E-state index contributed by atoms with van der Waals surface area (Å²) in [6.07, 6.45) is 0. The first-order valence-corrected chi connectivity index (χ1v) is 5.20. The van der Waals surface area contributed by atoms with Gasteiger partial charge in [-0.1, -0.05) is 0 Å². The summed E-state index contributed by atoms with van der Waals surface area (Å²) in [7, 11) is 0. The number of hydrogen-bond acceptors (Lipinski definition) is 32. The van der Waals surface area contributed by atoms with Crippen molar-refractivity contribution >= 4 is 0 Å². The molecule has 0 saturated carbocycles. The largest absolute Gasteiger partial charge is 0.219 e. The van der Waals surface area contributed by atoms with E-state index in [1.807, 2.05) is 0 Å². The molecule has 2 N–H and O–H groups in total. The van der Waals surface area contributed by atoms with Gasteiger partial charge in [0.25, 0.3) is 0 Å². The van der Waals surface area contributed by atoms with E-state index < -0.39 is 0 Å². The van der Waals surface area contributed by atoms with Crippen LogP contribution in [-0.2, 0) is 151 Å². The minimum Gasteiger partial charge on any atom is -0.219 e. The van der Waals surface area contributed by atoms with Gasteiger partial charge < -0.3 is 0 Å².